The van der Waals surface area contributed by atoms with Crippen LogP contribution in [0, 0.1) is 46.3 Å². The standard InChI is InChI=1S/C28H44O3/c1-16-6-11-28(30-15-16)18(3)25-24(31-28)14-23-20-12-17(2)22-13-19(29)7-9-26(22,4)21(20)8-10-27(23,25)5/h16,18-21,23-25,29H,6-15H2,1-5H3/t16-,18-,19+,20+,21-,23-,24-,25-,26-,27+,28+/m1/s1. The molecular weight excluding hydrogens is 384 g/mol. The molecule has 3 nitrogen and oxygen atoms in total. The van der Waals surface area contributed by atoms with Crippen molar-refractivity contribution in [3.8, 4) is 0 Å². The second kappa shape index (κ2) is 6.83. The van der Waals surface area contributed by atoms with E-state index >= 15 is 0 Å². The van der Waals surface area contributed by atoms with Crippen molar-refractivity contribution in [3.63, 3.8) is 0 Å². The quantitative estimate of drug-likeness (QED) is 0.474. The summed E-state index contributed by atoms with van der Waals surface area (Å²) in [5.41, 5.74) is 3.95. The van der Waals surface area contributed by atoms with Crippen LogP contribution in [-0.2, 0) is 9.47 Å². The highest BCUT2D eigenvalue weighted by atomic mass is 16.7. The van der Waals surface area contributed by atoms with Gasteiger partial charge in [0.15, 0.2) is 5.79 Å². The monoisotopic (exact) mass is 428 g/mol. The van der Waals surface area contributed by atoms with Crippen LogP contribution in [0.15, 0.2) is 11.1 Å². The normalized spacial score (nSPS) is 58.6. The summed E-state index contributed by atoms with van der Waals surface area (Å²) in [4.78, 5) is 0. The molecular formula is C28H44O3. The molecule has 2 heterocycles. The summed E-state index contributed by atoms with van der Waals surface area (Å²) in [7, 11) is 0. The van der Waals surface area contributed by atoms with Gasteiger partial charge in [0.2, 0.25) is 0 Å². The van der Waals surface area contributed by atoms with Crippen molar-refractivity contribution in [2.24, 2.45) is 46.3 Å². The third-order valence-electron chi connectivity index (χ3n) is 11.7. The van der Waals surface area contributed by atoms with Crippen LogP contribution >= 0.6 is 0 Å². The summed E-state index contributed by atoms with van der Waals surface area (Å²) in [5, 5.41) is 10.4. The molecule has 0 aromatic heterocycles. The van der Waals surface area contributed by atoms with Crippen molar-refractivity contribution in [2.75, 3.05) is 6.61 Å². The molecule has 0 aromatic rings. The molecule has 3 heteroatoms. The number of hydrogen-bond acceptors (Lipinski definition) is 3. The van der Waals surface area contributed by atoms with Crippen LogP contribution in [0.2, 0.25) is 0 Å². The van der Waals surface area contributed by atoms with Gasteiger partial charge in [-0.05, 0) is 98.7 Å². The maximum absolute atomic E-state index is 10.4. The van der Waals surface area contributed by atoms with Crippen LogP contribution in [0.4, 0.5) is 0 Å². The number of hydrogen-bond donors (Lipinski definition) is 1. The third-order valence-corrected chi connectivity index (χ3v) is 11.7. The fourth-order valence-corrected chi connectivity index (χ4v) is 10.1. The molecule has 6 aliphatic rings. The van der Waals surface area contributed by atoms with Gasteiger partial charge in [0.1, 0.15) is 0 Å². The molecule has 11 atom stereocenters. The maximum atomic E-state index is 10.4. The molecule has 4 aliphatic carbocycles. The first-order valence-electron chi connectivity index (χ1n) is 13.4. The molecule has 31 heavy (non-hydrogen) atoms. The summed E-state index contributed by atoms with van der Waals surface area (Å²) in [5.74, 6) is 3.91. The molecule has 1 spiro atoms. The average molecular weight is 429 g/mol. The average Bonchev–Trinajstić information content (AvgIpc) is 3.17. The van der Waals surface area contributed by atoms with Crippen LogP contribution in [0.1, 0.15) is 92.4 Å². The van der Waals surface area contributed by atoms with Crippen LogP contribution in [-0.4, -0.2) is 29.7 Å². The fraction of sp³-hybridized carbons (Fsp3) is 0.929. The summed E-state index contributed by atoms with van der Waals surface area (Å²) < 4.78 is 13.4. The number of ether oxygens (including phenoxy) is 2. The highest BCUT2D eigenvalue weighted by Crippen LogP contribution is 2.71. The predicted octanol–water partition coefficient (Wildman–Crippen LogP) is 6.10. The smallest absolute Gasteiger partial charge is 0.171 e. The Bertz CT molecular complexity index is 779. The molecule has 2 aliphatic heterocycles. The van der Waals surface area contributed by atoms with E-state index in [1.54, 1.807) is 11.1 Å². The third kappa shape index (κ3) is 2.75. The second-order valence-corrected chi connectivity index (χ2v) is 13.2. The SMILES string of the molecule is CC1=C2C[C@@H](O)CC[C@]2(C)[C@@H]2CC[C@]3(C)[C@@H]4[C@@H](C)[C@]5(CC[C@@H](C)CO5)O[C@@H]4C[C@@H]3[C@H]2C1. The lowest BCUT2D eigenvalue weighted by Gasteiger charge is -2.59. The molecule has 0 amide bonds. The molecule has 2 saturated heterocycles. The van der Waals surface area contributed by atoms with E-state index in [2.05, 4.69) is 34.6 Å². The van der Waals surface area contributed by atoms with Crippen molar-refractivity contribution >= 4 is 0 Å². The van der Waals surface area contributed by atoms with Gasteiger partial charge in [0, 0.05) is 12.3 Å². The van der Waals surface area contributed by atoms with Crippen molar-refractivity contribution in [1.29, 1.82) is 0 Å². The van der Waals surface area contributed by atoms with E-state index < -0.39 is 0 Å². The van der Waals surface area contributed by atoms with E-state index in [9.17, 15) is 5.11 Å². The Morgan fingerprint density at radius 1 is 0.968 bits per heavy atom. The lowest BCUT2D eigenvalue weighted by atomic mass is 9.46. The largest absolute Gasteiger partial charge is 0.393 e. The van der Waals surface area contributed by atoms with E-state index in [1.165, 1.54) is 38.5 Å². The first kappa shape index (κ1) is 21.2. The Hall–Kier alpha value is -0.380. The van der Waals surface area contributed by atoms with Crippen molar-refractivity contribution in [2.45, 2.75) is 110 Å². The number of rotatable bonds is 0. The molecule has 0 unspecified atom stereocenters. The van der Waals surface area contributed by atoms with Crippen molar-refractivity contribution in [1.82, 2.24) is 0 Å². The Morgan fingerprint density at radius 2 is 1.77 bits per heavy atom. The second-order valence-electron chi connectivity index (χ2n) is 13.2. The van der Waals surface area contributed by atoms with Gasteiger partial charge in [-0.15, -0.1) is 0 Å². The van der Waals surface area contributed by atoms with Gasteiger partial charge in [0.05, 0.1) is 18.8 Å². The zero-order valence-electron chi connectivity index (χ0n) is 20.5. The minimum absolute atomic E-state index is 0.113. The van der Waals surface area contributed by atoms with Crippen LogP contribution < -0.4 is 0 Å². The van der Waals surface area contributed by atoms with Gasteiger partial charge in [-0.25, -0.2) is 0 Å². The number of aliphatic hydroxyl groups excluding tert-OH is 1. The van der Waals surface area contributed by atoms with E-state index in [4.69, 9.17) is 9.47 Å². The number of aliphatic hydroxyl groups is 1. The van der Waals surface area contributed by atoms with Crippen LogP contribution in [0.3, 0.4) is 0 Å². The fourth-order valence-electron chi connectivity index (χ4n) is 10.1. The topological polar surface area (TPSA) is 38.7 Å². The first-order valence-corrected chi connectivity index (χ1v) is 13.4. The first-order chi connectivity index (χ1) is 14.7. The van der Waals surface area contributed by atoms with Crippen LogP contribution in [0.25, 0.3) is 0 Å². The van der Waals surface area contributed by atoms with Gasteiger partial charge in [-0.2, -0.15) is 0 Å². The highest BCUT2D eigenvalue weighted by molar-refractivity contribution is 5.31. The van der Waals surface area contributed by atoms with Gasteiger partial charge in [-0.1, -0.05) is 38.8 Å². The lowest BCUT2D eigenvalue weighted by Crippen LogP contribution is -2.53. The molecule has 174 valence electrons. The summed E-state index contributed by atoms with van der Waals surface area (Å²) >= 11 is 0. The van der Waals surface area contributed by atoms with E-state index in [-0.39, 0.29) is 11.9 Å². The molecule has 6 rings (SSSR count). The Morgan fingerprint density at radius 3 is 2.52 bits per heavy atom. The molecule has 0 aromatic carbocycles. The number of allylic oxidation sites excluding steroid dienone is 1. The Labute approximate surface area is 189 Å². The molecule has 0 radical (unpaired) electrons. The van der Waals surface area contributed by atoms with Gasteiger partial charge < -0.3 is 14.6 Å². The van der Waals surface area contributed by atoms with Crippen molar-refractivity contribution in [3.05, 3.63) is 11.1 Å². The maximum Gasteiger partial charge on any atom is 0.171 e. The van der Waals surface area contributed by atoms with Gasteiger partial charge in [-0.3, -0.25) is 0 Å². The highest BCUT2D eigenvalue weighted by Gasteiger charge is 2.68. The molecule has 0 bridgehead atoms. The van der Waals surface area contributed by atoms with Gasteiger partial charge in [0.25, 0.3) is 0 Å². The minimum Gasteiger partial charge on any atom is -0.393 e. The van der Waals surface area contributed by atoms with E-state index in [1.807, 2.05) is 0 Å². The van der Waals surface area contributed by atoms with E-state index in [0.717, 1.165) is 43.6 Å². The molecule has 1 N–H and O–H groups in total. The Balaban J connectivity index is 1.30. The zero-order chi connectivity index (χ0) is 21.8. The van der Waals surface area contributed by atoms with Crippen molar-refractivity contribution < 1.29 is 14.6 Å². The minimum atomic E-state index is -0.298. The number of fused-ring (bicyclic) bond motifs is 7. The van der Waals surface area contributed by atoms with E-state index in [0.29, 0.717) is 34.7 Å². The van der Waals surface area contributed by atoms with Crippen LogP contribution in [0.5, 0.6) is 0 Å². The predicted molar refractivity (Wildman–Crippen MR) is 122 cm³/mol. The summed E-state index contributed by atoms with van der Waals surface area (Å²) in [6.45, 7) is 13.2. The molecule has 5 fully saturated rings. The van der Waals surface area contributed by atoms with Gasteiger partial charge >= 0.3 is 0 Å². The Kier molecular flexibility index (Phi) is 4.66. The summed E-state index contributed by atoms with van der Waals surface area (Å²) in [6, 6.07) is 0. The summed E-state index contributed by atoms with van der Waals surface area (Å²) in [6.07, 6.45) is 10.9. The zero-order valence-corrected chi connectivity index (χ0v) is 20.5. The molecule has 3 saturated carbocycles. The lowest BCUT2D eigenvalue weighted by molar-refractivity contribution is -0.272.